The number of thiophene rings is 1. The number of nitrogens with one attached hydrogen (secondary N) is 2. The largest absolute Gasteiger partial charge is 0.494 e. The maximum Gasteiger partial charge on any atom is 0.251 e. The highest BCUT2D eigenvalue weighted by molar-refractivity contribution is 7.89. The fourth-order valence-corrected chi connectivity index (χ4v) is 4.48. The van der Waals surface area contributed by atoms with Gasteiger partial charge in [-0.15, -0.1) is 11.3 Å². The van der Waals surface area contributed by atoms with Crippen LogP contribution in [0.4, 0.5) is 0 Å². The van der Waals surface area contributed by atoms with E-state index in [2.05, 4.69) is 10.0 Å². The monoisotopic (exact) mass is 430 g/mol. The molecule has 0 aliphatic heterocycles. The minimum absolute atomic E-state index is 0.0522. The van der Waals surface area contributed by atoms with Crippen molar-refractivity contribution in [2.45, 2.75) is 24.9 Å². The quantitative estimate of drug-likeness (QED) is 0.544. The van der Waals surface area contributed by atoms with Gasteiger partial charge in [0.2, 0.25) is 10.0 Å². The number of benzene rings is 2. The van der Waals surface area contributed by atoms with Crippen LogP contribution >= 0.6 is 11.3 Å². The lowest BCUT2D eigenvalue weighted by atomic mass is 10.1. The van der Waals surface area contributed by atoms with E-state index in [0.717, 1.165) is 10.4 Å². The summed E-state index contributed by atoms with van der Waals surface area (Å²) in [6.07, 6.45) is 0. The topological polar surface area (TPSA) is 84.5 Å². The number of carbonyl (C=O) groups excluding carboxylic acids is 1. The highest BCUT2D eigenvalue weighted by Crippen LogP contribution is 2.18. The van der Waals surface area contributed by atoms with Crippen molar-refractivity contribution in [1.82, 2.24) is 10.0 Å². The van der Waals surface area contributed by atoms with Crippen LogP contribution in [-0.4, -0.2) is 20.9 Å². The second-order valence-corrected chi connectivity index (χ2v) is 8.95. The van der Waals surface area contributed by atoms with E-state index in [1.165, 1.54) is 23.5 Å². The zero-order valence-electron chi connectivity index (χ0n) is 15.9. The van der Waals surface area contributed by atoms with Crippen molar-refractivity contribution in [3.8, 4) is 5.75 Å². The zero-order valence-corrected chi connectivity index (χ0v) is 17.6. The number of para-hydroxylation sites is 1. The molecule has 0 spiro atoms. The van der Waals surface area contributed by atoms with Gasteiger partial charge < -0.3 is 10.1 Å². The van der Waals surface area contributed by atoms with Gasteiger partial charge in [0.1, 0.15) is 5.75 Å². The van der Waals surface area contributed by atoms with E-state index in [-0.39, 0.29) is 29.5 Å². The van der Waals surface area contributed by atoms with Crippen molar-refractivity contribution in [3.05, 3.63) is 82.0 Å². The molecule has 0 aliphatic rings. The predicted molar refractivity (Wildman–Crippen MR) is 114 cm³/mol. The number of hydrogen-bond donors (Lipinski definition) is 2. The third-order valence-corrected chi connectivity index (χ3v) is 6.41. The first-order valence-corrected chi connectivity index (χ1v) is 11.5. The second-order valence-electron chi connectivity index (χ2n) is 6.16. The number of carbonyl (C=O) groups is 1. The van der Waals surface area contributed by atoms with Crippen LogP contribution in [-0.2, 0) is 23.1 Å². The molecule has 152 valence electrons. The lowest BCUT2D eigenvalue weighted by molar-refractivity contribution is 0.0950. The summed E-state index contributed by atoms with van der Waals surface area (Å²) in [4.78, 5) is 13.5. The molecule has 1 amide bonds. The number of ether oxygens (including phenoxy) is 1. The van der Waals surface area contributed by atoms with Crippen molar-refractivity contribution < 1.29 is 17.9 Å². The van der Waals surface area contributed by atoms with E-state index in [1.807, 2.05) is 48.7 Å². The summed E-state index contributed by atoms with van der Waals surface area (Å²) in [5.74, 6) is 0.357. The molecule has 2 aromatic carbocycles. The third-order valence-electron chi connectivity index (χ3n) is 4.13. The van der Waals surface area contributed by atoms with E-state index >= 15 is 0 Å². The van der Waals surface area contributed by atoms with Crippen molar-refractivity contribution in [2.75, 3.05) is 6.61 Å². The van der Waals surface area contributed by atoms with Gasteiger partial charge in [0.05, 0.1) is 11.5 Å². The SMILES string of the molecule is CCOc1ccccc1CNC(=O)c1cccc(S(=O)(=O)NCc2cccs2)c1. The Balaban J connectivity index is 1.68. The smallest absolute Gasteiger partial charge is 0.251 e. The van der Waals surface area contributed by atoms with Gasteiger partial charge in [-0.1, -0.05) is 30.3 Å². The molecule has 0 saturated carbocycles. The molecule has 8 heteroatoms. The molecule has 3 rings (SSSR count). The maximum absolute atomic E-state index is 12.5. The molecule has 6 nitrogen and oxygen atoms in total. The Hall–Kier alpha value is -2.68. The Bertz CT molecular complexity index is 1060. The molecule has 3 aromatic rings. The molecule has 0 aliphatic carbocycles. The summed E-state index contributed by atoms with van der Waals surface area (Å²) in [5, 5.41) is 4.70. The minimum Gasteiger partial charge on any atom is -0.494 e. The van der Waals surface area contributed by atoms with Gasteiger partial charge >= 0.3 is 0 Å². The van der Waals surface area contributed by atoms with E-state index in [9.17, 15) is 13.2 Å². The fraction of sp³-hybridized carbons (Fsp3) is 0.190. The molecular formula is C21H22N2O4S2. The first kappa shape index (κ1) is 21.0. The van der Waals surface area contributed by atoms with Crippen molar-refractivity contribution in [2.24, 2.45) is 0 Å². The molecule has 0 bridgehead atoms. The van der Waals surface area contributed by atoms with Crippen LogP contribution in [0.15, 0.2) is 70.9 Å². The van der Waals surface area contributed by atoms with Crippen LogP contribution in [0.2, 0.25) is 0 Å². The van der Waals surface area contributed by atoms with Gasteiger partial charge in [-0.05, 0) is 42.6 Å². The van der Waals surface area contributed by atoms with Crippen LogP contribution in [0.5, 0.6) is 5.75 Å². The highest BCUT2D eigenvalue weighted by atomic mass is 32.2. The van der Waals surface area contributed by atoms with Gasteiger partial charge in [0, 0.05) is 29.1 Å². The maximum atomic E-state index is 12.5. The molecule has 0 unspecified atom stereocenters. The normalized spacial score (nSPS) is 11.2. The molecule has 0 radical (unpaired) electrons. The van der Waals surface area contributed by atoms with E-state index in [1.54, 1.807) is 12.1 Å². The Morgan fingerprint density at radius 3 is 2.62 bits per heavy atom. The first-order chi connectivity index (χ1) is 14.0. The first-order valence-electron chi connectivity index (χ1n) is 9.10. The molecule has 0 atom stereocenters. The molecule has 2 N–H and O–H groups in total. The lowest BCUT2D eigenvalue weighted by Gasteiger charge is -2.11. The summed E-state index contributed by atoms with van der Waals surface area (Å²) >= 11 is 1.47. The van der Waals surface area contributed by atoms with Crippen molar-refractivity contribution in [1.29, 1.82) is 0 Å². The van der Waals surface area contributed by atoms with Crippen LogP contribution in [0.3, 0.4) is 0 Å². The standard InChI is InChI=1S/C21H22N2O4S2/c1-2-27-20-11-4-3-7-17(20)14-22-21(24)16-8-5-10-19(13-16)29(25,26)23-15-18-9-6-12-28-18/h3-13,23H,2,14-15H2,1H3,(H,22,24). The number of rotatable bonds is 9. The molecule has 1 heterocycles. The van der Waals surface area contributed by atoms with Gasteiger partial charge in [-0.3, -0.25) is 4.79 Å². The summed E-state index contributed by atoms with van der Waals surface area (Å²) in [5.41, 5.74) is 1.13. The molecule has 1 aromatic heterocycles. The molecule has 29 heavy (non-hydrogen) atoms. The second kappa shape index (κ2) is 9.69. The van der Waals surface area contributed by atoms with Crippen LogP contribution in [0, 0.1) is 0 Å². The number of amides is 1. The fourth-order valence-electron chi connectivity index (χ4n) is 2.69. The van der Waals surface area contributed by atoms with E-state index < -0.39 is 10.0 Å². The van der Waals surface area contributed by atoms with Crippen molar-refractivity contribution in [3.63, 3.8) is 0 Å². The molecule has 0 saturated heterocycles. The minimum atomic E-state index is -3.72. The Labute approximate surface area is 174 Å². The van der Waals surface area contributed by atoms with Crippen LogP contribution < -0.4 is 14.8 Å². The van der Waals surface area contributed by atoms with Gasteiger partial charge in [0.25, 0.3) is 5.91 Å². The summed E-state index contributed by atoms with van der Waals surface area (Å²) < 4.78 is 33.2. The zero-order chi connectivity index (χ0) is 20.7. The number of hydrogen-bond acceptors (Lipinski definition) is 5. The molecular weight excluding hydrogens is 408 g/mol. The molecule has 0 fully saturated rings. The Kier molecular flexibility index (Phi) is 7.03. The van der Waals surface area contributed by atoms with Gasteiger partial charge in [-0.25, -0.2) is 13.1 Å². The summed E-state index contributed by atoms with van der Waals surface area (Å²) in [6.45, 7) is 2.92. The van der Waals surface area contributed by atoms with Gasteiger partial charge in [0.15, 0.2) is 0 Å². The summed E-state index contributed by atoms with van der Waals surface area (Å²) in [7, 11) is -3.72. The lowest BCUT2D eigenvalue weighted by Crippen LogP contribution is -2.25. The Morgan fingerprint density at radius 1 is 1.03 bits per heavy atom. The Morgan fingerprint density at radius 2 is 1.86 bits per heavy atom. The average Bonchev–Trinajstić information content (AvgIpc) is 3.26. The third kappa shape index (κ3) is 5.66. The highest BCUT2D eigenvalue weighted by Gasteiger charge is 2.16. The van der Waals surface area contributed by atoms with Crippen molar-refractivity contribution >= 4 is 27.3 Å². The van der Waals surface area contributed by atoms with Crippen LogP contribution in [0.1, 0.15) is 27.7 Å². The van der Waals surface area contributed by atoms with Gasteiger partial charge in [-0.2, -0.15) is 0 Å². The van der Waals surface area contributed by atoms with Crippen LogP contribution in [0.25, 0.3) is 0 Å². The average molecular weight is 431 g/mol. The van der Waals surface area contributed by atoms with E-state index in [0.29, 0.717) is 12.4 Å². The van der Waals surface area contributed by atoms with E-state index in [4.69, 9.17) is 4.74 Å². The number of sulfonamides is 1. The summed E-state index contributed by atoms with van der Waals surface area (Å²) in [6, 6.07) is 17.2. The predicted octanol–water partition coefficient (Wildman–Crippen LogP) is 3.56.